The lowest BCUT2D eigenvalue weighted by atomic mass is 10.4. The Bertz CT molecular complexity index is 478. The zero-order chi connectivity index (χ0) is 10.1. The van der Waals surface area contributed by atoms with Crippen molar-refractivity contribution in [2.45, 2.75) is 13.5 Å². The summed E-state index contributed by atoms with van der Waals surface area (Å²) in [5.74, 6) is 6.44. The van der Waals surface area contributed by atoms with Gasteiger partial charge in [-0.3, -0.25) is 4.57 Å². The van der Waals surface area contributed by atoms with Crippen LogP contribution in [0.4, 0.5) is 5.82 Å². The lowest BCUT2D eigenvalue weighted by Crippen LogP contribution is -2.22. The average Bonchev–Trinajstić information content (AvgIpc) is 2.49. The normalized spacial score (nSPS) is 13.4. The topological polar surface area (TPSA) is 38.1 Å². The van der Waals surface area contributed by atoms with Crippen LogP contribution in [0.5, 0.6) is 0 Å². The fourth-order valence-corrected chi connectivity index (χ4v) is 1.58. The summed E-state index contributed by atoms with van der Waals surface area (Å²) >= 11 is 0. The zero-order valence-corrected chi connectivity index (χ0v) is 8.24. The van der Waals surface area contributed by atoms with Gasteiger partial charge in [-0.2, -0.15) is 4.98 Å². The van der Waals surface area contributed by atoms with Crippen LogP contribution in [0.15, 0.2) is 10.9 Å². The van der Waals surface area contributed by atoms with Crippen molar-refractivity contribution in [2.24, 2.45) is 0 Å². The van der Waals surface area contributed by atoms with Gasteiger partial charge >= 0.3 is 5.69 Å². The summed E-state index contributed by atoms with van der Waals surface area (Å²) in [6, 6.07) is 1.85. The van der Waals surface area contributed by atoms with E-state index < -0.39 is 0 Å². The predicted octanol–water partition coefficient (Wildman–Crippen LogP) is 0.0645. The van der Waals surface area contributed by atoms with Gasteiger partial charge < -0.3 is 4.90 Å². The van der Waals surface area contributed by atoms with Gasteiger partial charge in [-0.05, 0) is 12.8 Å². The van der Waals surface area contributed by atoms with Crippen molar-refractivity contribution in [3.8, 4) is 11.8 Å². The minimum absolute atomic E-state index is 0.204. The summed E-state index contributed by atoms with van der Waals surface area (Å²) in [7, 11) is 1.96. The molecular formula is C10H11N3O. The first-order chi connectivity index (χ1) is 6.72. The van der Waals surface area contributed by atoms with Gasteiger partial charge in [-0.1, -0.05) is 5.92 Å². The van der Waals surface area contributed by atoms with E-state index in [1.165, 1.54) is 0 Å². The monoisotopic (exact) mass is 189 g/mol. The van der Waals surface area contributed by atoms with Gasteiger partial charge in [-0.15, -0.1) is 0 Å². The number of nitrogens with zero attached hydrogens (tertiary/aromatic N) is 3. The van der Waals surface area contributed by atoms with Crippen molar-refractivity contribution in [1.29, 1.82) is 0 Å². The molecule has 0 atom stereocenters. The smallest absolute Gasteiger partial charge is 0.350 e. The second-order valence-corrected chi connectivity index (χ2v) is 3.23. The van der Waals surface area contributed by atoms with Crippen molar-refractivity contribution in [1.82, 2.24) is 9.55 Å². The molecule has 0 radical (unpaired) electrons. The third-order valence-corrected chi connectivity index (χ3v) is 2.29. The molecule has 1 aromatic heterocycles. The zero-order valence-electron chi connectivity index (χ0n) is 8.24. The molecule has 0 spiro atoms. The quantitative estimate of drug-likeness (QED) is 0.542. The van der Waals surface area contributed by atoms with Crippen LogP contribution >= 0.6 is 0 Å². The average molecular weight is 189 g/mol. The largest absolute Gasteiger partial charge is 0.359 e. The number of hydrogen-bond acceptors (Lipinski definition) is 3. The maximum atomic E-state index is 11.5. The highest BCUT2D eigenvalue weighted by Gasteiger charge is 2.17. The van der Waals surface area contributed by atoms with Crippen molar-refractivity contribution in [3.63, 3.8) is 0 Å². The molecule has 14 heavy (non-hydrogen) atoms. The Balaban J connectivity index is 2.62. The standard InChI is InChI=1S/C10H11N3O/c1-3-4-8-7-9-12(2)5-6-13(9)10(14)11-8/h7H,5-6H2,1-2H3. The molecule has 4 heteroatoms. The van der Waals surface area contributed by atoms with Gasteiger partial charge in [0.05, 0.1) is 0 Å². The Labute approximate surface area is 82.2 Å². The van der Waals surface area contributed by atoms with E-state index >= 15 is 0 Å². The van der Waals surface area contributed by atoms with E-state index in [4.69, 9.17) is 0 Å². The van der Waals surface area contributed by atoms with E-state index in [1.54, 1.807) is 11.5 Å². The van der Waals surface area contributed by atoms with Gasteiger partial charge in [-0.25, -0.2) is 4.79 Å². The van der Waals surface area contributed by atoms with E-state index in [-0.39, 0.29) is 5.69 Å². The van der Waals surface area contributed by atoms with Crippen molar-refractivity contribution in [3.05, 3.63) is 22.2 Å². The van der Waals surface area contributed by atoms with Crippen LogP contribution in [-0.4, -0.2) is 23.1 Å². The third kappa shape index (κ3) is 1.27. The third-order valence-electron chi connectivity index (χ3n) is 2.29. The Hall–Kier alpha value is -1.76. The minimum atomic E-state index is -0.204. The van der Waals surface area contributed by atoms with Gasteiger partial charge in [0.2, 0.25) is 0 Å². The van der Waals surface area contributed by atoms with Crippen molar-refractivity contribution in [2.75, 3.05) is 18.5 Å². The van der Waals surface area contributed by atoms with Crippen LogP contribution < -0.4 is 10.6 Å². The summed E-state index contributed by atoms with van der Waals surface area (Å²) in [5, 5.41) is 0. The molecule has 0 aliphatic carbocycles. The minimum Gasteiger partial charge on any atom is -0.359 e. The molecule has 1 aromatic rings. The van der Waals surface area contributed by atoms with Crippen LogP contribution in [0.3, 0.4) is 0 Å². The lowest BCUT2D eigenvalue weighted by molar-refractivity contribution is 0.736. The highest BCUT2D eigenvalue weighted by atomic mass is 16.1. The molecule has 0 fully saturated rings. The molecule has 0 bridgehead atoms. The molecule has 0 saturated carbocycles. The Morgan fingerprint density at radius 1 is 1.50 bits per heavy atom. The fourth-order valence-electron chi connectivity index (χ4n) is 1.58. The van der Waals surface area contributed by atoms with Gasteiger partial charge in [0, 0.05) is 26.2 Å². The molecule has 0 unspecified atom stereocenters. The number of likely N-dealkylation sites (N-methyl/N-ethyl adjacent to an activating group) is 1. The Morgan fingerprint density at radius 2 is 2.29 bits per heavy atom. The molecule has 2 heterocycles. The molecule has 1 aliphatic heterocycles. The first kappa shape index (κ1) is 8.82. The summed E-state index contributed by atoms with van der Waals surface area (Å²) in [4.78, 5) is 17.4. The van der Waals surface area contributed by atoms with Crippen LogP contribution in [0.25, 0.3) is 0 Å². The first-order valence-corrected chi connectivity index (χ1v) is 4.48. The molecule has 0 saturated heterocycles. The van der Waals surface area contributed by atoms with E-state index in [0.717, 1.165) is 18.9 Å². The predicted molar refractivity (Wildman–Crippen MR) is 54.3 cm³/mol. The molecule has 0 amide bonds. The fraction of sp³-hybridized carbons (Fsp3) is 0.400. The number of fused-ring (bicyclic) bond motifs is 1. The number of rotatable bonds is 0. The van der Waals surface area contributed by atoms with E-state index in [0.29, 0.717) is 5.69 Å². The molecule has 0 N–H and O–H groups in total. The Morgan fingerprint density at radius 3 is 3.00 bits per heavy atom. The molecule has 1 aliphatic rings. The van der Waals surface area contributed by atoms with Crippen molar-refractivity contribution < 1.29 is 0 Å². The van der Waals surface area contributed by atoms with Crippen molar-refractivity contribution >= 4 is 5.82 Å². The lowest BCUT2D eigenvalue weighted by Gasteiger charge is -2.10. The molecule has 2 rings (SSSR count). The highest BCUT2D eigenvalue weighted by Crippen LogP contribution is 2.16. The van der Waals surface area contributed by atoms with Crippen LogP contribution in [0, 0.1) is 11.8 Å². The van der Waals surface area contributed by atoms with E-state index in [1.807, 2.05) is 18.0 Å². The second-order valence-electron chi connectivity index (χ2n) is 3.23. The SMILES string of the molecule is CC#Cc1cc2n(c(=O)n1)CCN2C. The van der Waals surface area contributed by atoms with Gasteiger partial charge in [0.15, 0.2) is 0 Å². The summed E-state index contributed by atoms with van der Waals surface area (Å²) in [6.07, 6.45) is 0. The summed E-state index contributed by atoms with van der Waals surface area (Å²) in [5.41, 5.74) is 0.349. The molecule has 72 valence electrons. The highest BCUT2D eigenvalue weighted by molar-refractivity contribution is 5.46. The van der Waals surface area contributed by atoms with E-state index in [9.17, 15) is 4.79 Å². The van der Waals surface area contributed by atoms with Crippen LogP contribution in [0.2, 0.25) is 0 Å². The molecular weight excluding hydrogens is 178 g/mol. The first-order valence-electron chi connectivity index (χ1n) is 4.48. The van der Waals surface area contributed by atoms with Crippen LogP contribution in [-0.2, 0) is 6.54 Å². The molecule has 0 aromatic carbocycles. The maximum Gasteiger partial charge on any atom is 0.350 e. The van der Waals surface area contributed by atoms with Gasteiger partial charge in [0.1, 0.15) is 11.5 Å². The second kappa shape index (κ2) is 3.18. The maximum absolute atomic E-state index is 11.5. The van der Waals surface area contributed by atoms with Gasteiger partial charge in [0.25, 0.3) is 0 Å². The number of aromatic nitrogens is 2. The summed E-state index contributed by atoms with van der Waals surface area (Å²) in [6.45, 7) is 3.31. The van der Waals surface area contributed by atoms with Crippen LogP contribution in [0.1, 0.15) is 12.6 Å². The van der Waals surface area contributed by atoms with E-state index in [2.05, 4.69) is 16.8 Å². The number of anilines is 1. The number of hydrogen-bond donors (Lipinski definition) is 0. The molecule has 4 nitrogen and oxygen atoms in total. The summed E-state index contributed by atoms with van der Waals surface area (Å²) < 4.78 is 1.67. The Kier molecular flexibility index (Phi) is 2.01.